The highest BCUT2D eigenvalue weighted by Crippen LogP contribution is 2.38. The highest BCUT2D eigenvalue weighted by molar-refractivity contribution is 8.14. The second kappa shape index (κ2) is 7.49. The second-order valence-electron chi connectivity index (χ2n) is 6.29. The van der Waals surface area contributed by atoms with Crippen molar-refractivity contribution in [2.45, 2.75) is 51.1 Å². The number of methoxy groups -OCH3 is 1. The molecule has 21 heavy (non-hydrogen) atoms. The maximum absolute atomic E-state index is 11.9. The summed E-state index contributed by atoms with van der Waals surface area (Å²) in [6.45, 7) is 5.23. The predicted octanol–water partition coefficient (Wildman–Crippen LogP) is 1.78. The first kappa shape index (κ1) is 16.6. The van der Waals surface area contributed by atoms with Crippen LogP contribution < -0.4 is 10.6 Å². The van der Waals surface area contributed by atoms with Crippen molar-refractivity contribution >= 4 is 22.8 Å². The summed E-state index contributed by atoms with van der Waals surface area (Å²) >= 11 is 1.76. The van der Waals surface area contributed by atoms with Crippen molar-refractivity contribution in [2.75, 3.05) is 26.0 Å². The summed E-state index contributed by atoms with van der Waals surface area (Å²) in [5.74, 6) is 1.81. The van der Waals surface area contributed by atoms with Crippen LogP contribution in [0.25, 0.3) is 0 Å². The molecule has 120 valence electrons. The van der Waals surface area contributed by atoms with Gasteiger partial charge in [0.15, 0.2) is 5.17 Å². The number of carbonyl (C=O) groups excluding carboxylic acids is 1. The normalized spacial score (nSPS) is 32.1. The Morgan fingerprint density at radius 3 is 3.19 bits per heavy atom. The molecule has 2 fully saturated rings. The van der Waals surface area contributed by atoms with E-state index >= 15 is 0 Å². The summed E-state index contributed by atoms with van der Waals surface area (Å²) in [7, 11) is 1.62. The van der Waals surface area contributed by atoms with Crippen LogP contribution in [0.5, 0.6) is 0 Å². The molecule has 0 aromatic carbocycles. The lowest BCUT2D eigenvalue weighted by molar-refractivity contribution is -0.122. The molecule has 3 atom stereocenters. The van der Waals surface area contributed by atoms with Crippen LogP contribution in [-0.2, 0) is 9.53 Å². The topological polar surface area (TPSA) is 62.7 Å². The number of hydrogen-bond acceptors (Lipinski definition) is 4. The third-order valence-corrected chi connectivity index (χ3v) is 5.42. The van der Waals surface area contributed by atoms with Crippen LogP contribution in [0.1, 0.15) is 39.5 Å². The molecule has 0 bridgehead atoms. The summed E-state index contributed by atoms with van der Waals surface area (Å²) in [5, 5.41) is 7.35. The Morgan fingerprint density at radius 2 is 2.48 bits per heavy atom. The minimum Gasteiger partial charge on any atom is -0.383 e. The molecule has 5 nitrogen and oxygen atoms in total. The van der Waals surface area contributed by atoms with Gasteiger partial charge in [0, 0.05) is 24.9 Å². The lowest BCUT2D eigenvalue weighted by Gasteiger charge is -2.36. The van der Waals surface area contributed by atoms with Crippen molar-refractivity contribution in [2.24, 2.45) is 10.9 Å². The molecule has 1 aliphatic carbocycles. The maximum Gasteiger partial charge on any atom is 0.244 e. The van der Waals surface area contributed by atoms with E-state index in [4.69, 9.17) is 4.74 Å². The van der Waals surface area contributed by atoms with Gasteiger partial charge in [-0.05, 0) is 25.7 Å². The molecule has 0 radical (unpaired) electrons. The fourth-order valence-electron chi connectivity index (χ4n) is 3.14. The lowest BCUT2D eigenvalue weighted by atomic mass is 9.78. The zero-order valence-electron chi connectivity index (χ0n) is 13.3. The first-order chi connectivity index (χ1) is 10.0. The monoisotopic (exact) mass is 313 g/mol. The first-order valence-electron chi connectivity index (χ1n) is 7.80. The van der Waals surface area contributed by atoms with E-state index < -0.39 is 0 Å². The minimum atomic E-state index is -0.354. The molecule has 1 heterocycles. The van der Waals surface area contributed by atoms with Crippen LogP contribution in [0.3, 0.4) is 0 Å². The summed E-state index contributed by atoms with van der Waals surface area (Å²) in [6, 6.07) is -0.354. The molecular weight excluding hydrogens is 286 g/mol. The molecule has 1 amide bonds. The van der Waals surface area contributed by atoms with E-state index in [-0.39, 0.29) is 17.5 Å². The number of amidine groups is 1. The van der Waals surface area contributed by atoms with Crippen molar-refractivity contribution in [3.05, 3.63) is 0 Å². The van der Waals surface area contributed by atoms with Gasteiger partial charge in [-0.2, -0.15) is 0 Å². The summed E-state index contributed by atoms with van der Waals surface area (Å²) < 4.78 is 4.92. The van der Waals surface area contributed by atoms with Gasteiger partial charge in [-0.15, -0.1) is 0 Å². The number of aliphatic imine (C=N–C) groups is 1. The van der Waals surface area contributed by atoms with E-state index in [0.717, 1.165) is 16.8 Å². The molecule has 2 rings (SSSR count). The second-order valence-corrected chi connectivity index (χ2v) is 7.25. The largest absolute Gasteiger partial charge is 0.383 e. The number of hydrogen-bond donors (Lipinski definition) is 2. The van der Waals surface area contributed by atoms with Crippen LogP contribution >= 0.6 is 11.8 Å². The molecule has 2 N–H and O–H groups in total. The lowest BCUT2D eigenvalue weighted by Crippen LogP contribution is -2.47. The molecule has 1 saturated heterocycles. The third kappa shape index (κ3) is 4.61. The van der Waals surface area contributed by atoms with Crippen molar-refractivity contribution in [1.82, 2.24) is 10.6 Å². The van der Waals surface area contributed by atoms with E-state index in [9.17, 15) is 4.79 Å². The van der Waals surface area contributed by atoms with Gasteiger partial charge in [0.1, 0.15) is 6.04 Å². The number of nitrogens with zero attached hydrogens (tertiary/aromatic N) is 1. The average molecular weight is 313 g/mol. The standard InChI is InChI=1S/C15H27N3O2S/c1-11-5-4-6-15(9-11)10-21-14(18-15)17-12(2)13(19)16-7-8-20-3/h11-12H,4-10H2,1-3H3,(H,16,19)(H,17,18). The van der Waals surface area contributed by atoms with Gasteiger partial charge in [0.05, 0.1) is 6.61 Å². The van der Waals surface area contributed by atoms with Crippen LogP contribution in [0.2, 0.25) is 0 Å². The fourth-order valence-corrected chi connectivity index (χ4v) is 4.41. The number of amides is 1. The SMILES string of the molecule is COCCNC(=O)C(C)N=C1NC2(CCCC(C)C2)CS1. The van der Waals surface area contributed by atoms with Crippen molar-refractivity contribution in [1.29, 1.82) is 0 Å². The highest BCUT2D eigenvalue weighted by atomic mass is 32.2. The van der Waals surface area contributed by atoms with E-state index in [1.54, 1.807) is 18.9 Å². The Hall–Kier alpha value is -0.750. The van der Waals surface area contributed by atoms with E-state index in [1.165, 1.54) is 25.7 Å². The molecule has 6 heteroatoms. The quantitative estimate of drug-likeness (QED) is 0.760. The van der Waals surface area contributed by atoms with Crippen molar-refractivity contribution in [3.8, 4) is 0 Å². The Balaban J connectivity index is 1.86. The molecule has 1 aliphatic heterocycles. The predicted molar refractivity (Wildman–Crippen MR) is 87.7 cm³/mol. The molecule has 0 aromatic heterocycles. The molecule has 1 saturated carbocycles. The Morgan fingerprint density at radius 1 is 1.67 bits per heavy atom. The molecule has 2 aliphatic rings. The average Bonchev–Trinajstić information content (AvgIpc) is 2.81. The Bertz CT molecular complexity index is 402. The summed E-state index contributed by atoms with van der Waals surface area (Å²) in [6.07, 6.45) is 5.05. The summed E-state index contributed by atoms with van der Waals surface area (Å²) in [4.78, 5) is 16.5. The van der Waals surface area contributed by atoms with Gasteiger partial charge < -0.3 is 15.4 Å². The minimum absolute atomic E-state index is 0.0417. The highest BCUT2D eigenvalue weighted by Gasteiger charge is 2.40. The zero-order chi connectivity index (χ0) is 15.3. The number of rotatable bonds is 5. The third-order valence-electron chi connectivity index (χ3n) is 4.24. The molecular formula is C15H27N3O2S. The number of thioether (sulfide) groups is 1. The van der Waals surface area contributed by atoms with Gasteiger partial charge in [-0.3, -0.25) is 4.79 Å². The fraction of sp³-hybridized carbons (Fsp3) is 0.867. The van der Waals surface area contributed by atoms with Gasteiger partial charge in [-0.1, -0.05) is 31.5 Å². The van der Waals surface area contributed by atoms with E-state index in [1.807, 2.05) is 6.92 Å². The first-order valence-corrected chi connectivity index (χ1v) is 8.79. The van der Waals surface area contributed by atoms with Gasteiger partial charge in [0.25, 0.3) is 0 Å². The van der Waals surface area contributed by atoms with Crippen LogP contribution in [0, 0.1) is 5.92 Å². The number of nitrogens with one attached hydrogen (secondary N) is 2. The van der Waals surface area contributed by atoms with Gasteiger partial charge in [-0.25, -0.2) is 4.99 Å². The van der Waals surface area contributed by atoms with Crippen LogP contribution in [-0.4, -0.2) is 48.7 Å². The molecule has 1 spiro atoms. The van der Waals surface area contributed by atoms with Crippen LogP contribution in [0.4, 0.5) is 0 Å². The van der Waals surface area contributed by atoms with Crippen molar-refractivity contribution < 1.29 is 9.53 Å². The van der Waals surface area contributed by atoms with E-state index in [0.29, 0.717) is 13.2 Å². The summed E-state index contributed by atoms with van der Waals surface area (Å²) in [5.41, 5.74) is 0.216. The van der Waals surface area contributed by atoms with Crippen LogP contribution in [0.15, 0.2) is 4.99 Å². The van der Waals surface area contributed by atoms with Gasteiger partial charge >= 0.3 is 0 Å². The smallest absolute Gasteiger partial charge is 0.244 e. The van der Waals surface area contributed by atoms with E-state index in [2.05, 4.69) is 22.5 Å². The Kier molecular flexibility index (Phi) is 5.93. The van der Waals surface area contributed by atoms with Crippen molar-refractivity contribution in [3.63, 3.8) is 0 Å². The Labute approximate surface area is 131 Å². The molecule has 3 unspecified atom stereocenters. The number of carbonyl (C=O) groups is 1. The molecule has 0 aromatic rings. The van der Waals surface area contributed by atoms with Gasteiger partial charge in [0.2, 0.25) is 5.91 Å². The zero-order valence-corrected chi connectivity index (χ0v) is 14.1. The number of ether oxygens (including phenoxy) is 1. The maximum atomic E-state index is 11.9.